The monoisotopic (exact) mass is 288 g/mol. The highest BCUT2D eigenvalue weighted by Crippen LogP contribution is 2.23. The molecule has 0 aliphatic carbocycles. The fourth-order valence-electron chi connectivity index (χ4n) is 1.93. The number of anilines is 1. The lowest BCUT2D eigenvalue weighted by molar-refractivity contribution is -0.0498. The summed E-state index contributed by atoms with van der Waals surface area (Å²) in [5, 5.41) is 12.0. The van der Waals surface area contributed by atoms with Gasteiger partial charge in [0.05, 0.1) is 11.6 Å². The van der Waals surface area contributed by atoms with E-state index in [1.54, 1.807) is 36.4 Å². The van der Waals surface area contributed by atoms with Crippen LogP contribution in [-0.2, 0) is 0 Å². The SMILES string of the molecule is CC(Nc1ccc(C#N)cc1)c1cccc(OC(F)F)c1. The van der Waals surface area contributed by atoms with E-state index in [4.69, 9.17) is 5.26 Å². The van der Waals surface area contributed by atoms with E-state index in [9.17, 15) is 8.78 Å². The van der Waals surface area contributed by atoms with Crippen LogP contribution in [0.1, 0.15) is 24.1 Å². The molecule has 0 saturated carbocycles. The summed E-state index contributed by atoms with van der Waals surface area (Å²) in [6.45, 7) is -0.915. The molecule has 0 amide bonds. The molecule has 0 aromatic heterocycles. The van der Waals surface area contributed by atoms with Gasteiger partial charge in [-0.3, -0.25) is 0 Å². The molecular formula is C16H14F2N2O. The van der Waals surface area contributed by atoms with Gasteiger partial charge in [-0.2, -0.15) is 14.0 Å². The molecule has 0 heterocycles. The van der Waals surface area contributed by atoms with E-state index in [2.05, 4.69) is 10.1 Å². The molecule has 0 radical (unpaired) electrons. The molecule has 1 atom stereocenters. The van der Waals surface area contributed by atoms with Crippen LogP contribution in [0.15, 0.2) is 48.5 Å². The van der Waals surface area contributed by atoms with Gasteiger partial charge < -0.3 is 10.1 Å². The maximum Gasteiger partial charge on any atom is 0.387 e. The van der Waals surface area contributed by atoms with Crippen LogP contribution in [-0.4, -0.2) is 6.61 Å². The van der Waals surface area contributed by atoms with E-state index in [1.165, 1.54) is 6.07 Å². The number of nitrogens with one attached hydrogen (secondary N) is 1. The second-order valence-electron chi connectivity index (χ2n) is 4.51. The van der Waals surface area contributed by atoms with Crippen molar-refractivity contribution in [2.75, 3.05) is 5.32 Å². The Morgan fingerprint density at radius 3 is 2.48 bits per heavy atom. The van der Waals surface area contributed by atoms with Crippen molar-refractivity contribution in [3.8, 4) is 11.8 Å². The molecule has 1 unspecified atom stereocenters. The summed E-state index contributed by atoms with van der Waals surface area (Å²) in [4.78, 5) is 0. The van der Waals surface area contributed by atoms with Gasteiger partial charge in [0.25, 0.3) is 0 Å². The van der Waals surface area contributed by atoms with E-state index in [-0.39, 0.29) is 11.8 Å². The number of nitrogens with zero attached hydrogens (tertiary/aromatic N) is 1. The molecule has 0 spiro atoms. The molecule has 0 bridgehead atoms. The molecule has 5 heteroatoms. The molecule has 2 aromatic rings. The highest BCUT2D eigenvalue weighted by atomic mass is 19.3. The van der Waals surface area contributed by atoms with Crippen LogP contribution in [0.2, 0.25) is 0 Å². The summed E-state index contributed by atoms with van der Waals surface area (Å²) >= 11 is 0. The average molecular weight is 288 g/mol. The van der Waals surface area contributed by atoms with Gasteiger partial charge in [-0.25, -0.2) is 0 Å². The molecule has 0 aliphatic rings. The third-order valence-electron chi connectivity index (χ3n) is 2.98. The second kappa shape index (κ2) is 6.71. The number of benzene rings is 2. The lowest BCUT2D eigenvalue weighted by Crippen LogP contribution is -2.07. The second-order valence-corrected chi connectivity index (χ2v) is 4.51. The third kappa shape index (κ3) is 4.18. The highest BCUT2D eigenvalue weighted by molar-refractivity contribution is 5.49. The quantitative estimate of drug-likeness (QED) is 0.890. The summed E-state index contributed by atoms with van der Waals surface area (Å²) in [7, 11) is 0. The highest BCUT2D eigenvalue weighted by Gasteiger charge is 2.09. The summed E-state index contributed by atoms with van der Waals surface area (Å²) in [5.41, 5.74) is 2.26. The molecule has 2 rings (SSSR count). The van der Waals surface area contributed by atoms with Crippen molar-refractivity contribution < 1.29 is 13.5 Å². The van der Waals surface area contributed by atoms with Gasteiger partial charge in [0.2, 0.25) is 0 Å². The minimum atomic E-state index is -2.83. The number of alkyl halides is 2. The van der Waals surface area contributed by atoms with E-state index < -0.39 is 6.61 Å². The number of nitriles is 1. The standard InChI is InChI=1S/C16H14F2N2O/c1-11(20-14-7-5-12(10-19)6-8-14)13-3-2-4-15(9-13)21-16(17)18/h2-9,11,16,20H,1H3. The molecule has 0 fully saturated rings. The third-order valence-corrected chi connectivity index (χ3v) is 2.98. The van der Waals surface area contributed by atoms with Gasteiger partial charge in [0, 0.05) is 11.7 Å². The maximum atomic E-state index is 12.2. The predicted molar refractivity (Wildman–Crippen MR) is 76.3 cm³/mol. The lowest BCUT2D eigenvalue weighted by Gasteiger charge is -2.16. The Morgan fingerprint density at radius 1 is 1.14 bits per heavy atom. The average Bonchev–Trinajstić information content (AvgIpc) is 2.47. The molecule has 108 valence electrons. The fraction of sp³-hybridized carbons (Fsp3) is 0.188. The molecule has 1 N–H and O–H groups in total. The van der Waals surface area contributed by atoms with Crippen molar-refractivity contribution in [1.29, 1.82) is 5.26 Å². The first-order chi connectivity index (χ1) is 10.1. The smallest absolute Gasteiger partial charge is 0.387 e. The number of rotatable bonds is 5. The summed E-state index contributed by atoms with van der Waals surface area (Å²) in [5.74, 6) is 0.135. The van der Waals surface area contributed by atoms with Crippen LogP contribution in [0.3, 0.4) is 0 Å². The first-order valence-corrected chi connectivity index (χ1v) is 6.40. The van der Waals surface area contributed by atoms with E-state index in [1.807, 2.05) is 19.1 Å². The summed E-state index contributed by atoms with van der Waals surface area (Å²) in [6, 6.07) is 15.6. The van der Waals surface area contributed by atoms with Crippen molar-refractivity contribution in [2.24, 2.45) is 0 Å². The van der Waals surface area contributed by atoms with Gasteiger partial charge >= 0.3 is 6.61 Å². The van der Waals surface area contributed by atoms with E-state index >= 15 is 0 Å². The van der Waals surface area contributed by atoms with Crippen LogP contribution < -0.4 is 10.1 Å². The molecule has 3 nitrogen and oxygen atoms in total. The van der Waals surface area contributed by atoms with Gasteiger partial charge in [-0.1, -0.05) is 12.1 Å². The first-order valence-electron chi connectivity index (χ1n) is 6.40. The van der Waals surface area contributed by atoms with Crippen molar-refractivity contribution in [1.82, 2.24) is 0 Å². The zero-order valence-electron chi connectivity index (χ0n) is 11.4. The van der Waals surface area contributed by atoms with E-state index in [0.29, 0.717) is 5.56 Å². The predicted octanol–water partition coefficient (Wildman–Crippen LogP) is 4.33. The van der Waals surface area contributed by atoms with E-state index in [0.717, 1.165) is 11.3 Å². The number of hydrogen-bond donors (Lipinski definition) is 1. The number of hydrogen-bond acceptors (Lipinski definition) is 3. The first kappa shape index (κ1) is 14.8. The van der Waals surface area contributed by atoms with Crippen LogP contribution >= 0.6 is 0 Å². The van der Waals surface area contributed by atoms with Crippen molar-refractivity contribution in [2.45, 2.75) is 19.6 Å². The number of halogens is 2. The van der Waals surface area contributed by atoms with Crippen LogP contribution in [0.5, 0.6) is 5.75 Å². The van der Waals surface area contributed by atoms with Gasteiger partial charge in [-0.15, -0.1) is 0 Å². The van der Waals surface area contributed by atoms with Gasteiger partial charge in [0.1, 0.15) is 5.75 Å². The van der Waals surface area contributed by atoms with Crippen molar-refractivity contribution >= 4 is 5.69 Å². The molecule has 0 saturated heterocycles. The molecule has 21 heavy (non-hydrogen) atoms. The largest absolute Gasteiger partial charge is 0.435 e. The zero-order chi connectivity index (χ0) is 15.2. The lowest BCUT2D eigenvalue weighted by atomic mass is 10.1. The molecule has 2 aromatic carbocycles. The Kier molecular flexibility index (Phi) is 4.72. The Bertz CT molecular complexity index is 635. The topological polar surface area (TPSA) is 45.0 Å². The maximum absolute atomic E-state index is 12.2. The fourth-order valence-corrected chi connectivity index (χ4v) is 1.93. The Balaban J connectivity index is 2.08. The zero-order valence-corrected chi connectivity index (χ0v) is 11.4. The van der Waals surface area contributed by atoms with Gasteiger partial charge in [-0.05, 0) is 48.9 Å². The minimum Gasteiger partial charge on any atom is -0.435 e. The molecular weight excluding hydrogens is 274 g/mol. The summed E-state index contributed by atoms with van der Waals surface area (Å²) in [6.07, 6.45) is 0. The Hall–Kier alpha value is -2.61. The van der Waals surface area contributed by atoms with Crippen LogP contribution in [0, 0.1) is 11.3 Å². The van der Waals surface area contributed by atoms with Crippen molar-refractivity contribution in [3.05, 3.63) is 59.7 Å². The molecule has 0 aliphatic heterocycles. The number of ether oxygens (including phenoxy) is 1. The minimum absolute atomic E-state index is 0.0841. The summed E-state index contributed by atoms with van der Waals surface area (Å²) < 4.78 is 28.8. The normalized spacial score (nSPS) is 11.8. The van der Waals surface area contributed by atoms with Gasteiger partial charge in [0.15, 0.2) is 0 Å². The van der Waals surface area contributed by atoms with Crippen LogP contribution in [0.4, 0.5) is 14.5 Å². The van der Waals surface area contributed by atoms with Crippen molar-refractivity contribution in [3.63, 3.8) is 0 Å². The van der Waals surface area contributed by atoms with Crippen LogP contribution in [0.25, 0.3) is 0 Å². The Labute approximate surface area is 121 Å². The Morgan fingerprint density at radius 2 is 1.86 bits per heavy atom.